The molecule has 288 valence electrons. The number of fused-ring (bicyclic) bond motifs is 3. The summed E-state index contributed by atoms with van der Waals surface area (Å²) in [5.74, 6) is -2.43. The zero-order valence-corrected chi connectivity index (χ0v) is 30.9. The second-order valence-corrected chi connectivity index (χ2v) is 16.7. The number of thiophene rings is 1. The van der Waals surface area contributed by atoms with E-state index in [0.717, 1.165) is 24.6 Å². The Kier molecular flexibility index (Phi) is 9.21. The first-order valence-corrected chi connectivity index (χ1v) is 18.3. The quantitative estimate of drug-likeness (QED) is 0.178. The maximum atomic E-state index is 17.2. The molecular weight excluding hydrogens is 738 g/mol. The third-order valence-corrected chi connectivity index (χ3v) is 11.6. The van der Waals surface area contributed by atoms with Gasteiger partial charge in [-0.1, -0.05) is 6.07 Å². The predicted octanol–water partition coefficient (Wildman–Crippen LogP) is 8.33. The summed E-state index contributed by atoms with van der Waals surface area (Å²) in [7, 11) is 1.57. The molecule has 2 aliphatic heterocycles. The Hall–Kier alpha value is -4.40. The number of anilines is 2. The lowest BCUT2D eigenvalue weighted by molar-refractivity contribution is -0.137. The molecule has 54 heavy (non-hydrogen) atoms. The maximum Gasteiger partial charge on any atom is 0.417 e. The van der Waals surface area contributed by atoms with Gasteiger partial charge in [-0.2, -0.15) is 28.4 Å². The number of rotatable bonds is 7. The van der Waals surface area contributed by atoms with Gasteiger partial charge in [0.1, 0.15) is 46.6 Å². The number of aromatic nitrogens is 2. The van der Waals surface area contributed by atoms with Crippen LogP contribution in [-0.4, -0.2) is 81.8 Å². The number of amides is 1. The molecule has 2 aromatic carbocycles. The van der Waals surface area contributed by atoms with Crippen LogP contribution in [0.4, 0.5) is 42.0 Å². The Balaban J connectivity index is 1.42. The van der Waals surface area contributed by atoms with E-state index in [2.05, 4.69) is 15.3 Å². The van der Waals surface area contributed by atoms with Gasteiger partial charge in [-0.05, 0) is 77.6 Å². The summed E-state index contributed by atoms with van der Waals surface area (Å²) in [6.45, 7) is 7.28. The third-order valence-electron chi connectivity index (χ3n) is 10.4. The van der Waals surface area contributed by atoms with Crippen LogP contribution in [0.3, 0.4) is 0 Å². The number of benzene rings is 2. The summed E-state index contributed by atoms with van der Waals surface area (Å²) in [6, 6.07) is 3.65. The van der Waals surface area contributed by atoms with Crippen molar-refractivity contribution in [2.24, 2.45) is 0 Å². The SMILES string of the molecule is CN(c1nc(OC[C@@]23CCCN2C[C@H](F)C3)nc2c(F)c(-c3ccc(F)c4sc(NC(=O)OC(C)(C)C)c(C#N)c34)c(C(F)(F)F)cc12)C1CC(C)(O)C1. The highest BCUT2D eigenvalue weighted by Gasteiger charge is 2.50. The highest BCUT2D eigenvalue weighted by atomic mass is 32.1. The molecule has 2 saturated heterocycles. The van der Waals surface area contributed by atoms with E-state index in [1.54, 1.807) is 39.6 Å². The van der Waals surface area contributed by atoms with Crippen LogP contribution in [0.5, 0.6) is 6.01 Å². The smallest absolute Gasteiger partial charge is 0.417 e. The fraction of sp³-hybridized carbons (Fsp3) is 0.514. The molecule has 4 aromatic rings. The van der Waals surface area contributed by atoms with Gasteiger partial charge in [-0.25, -0.2) is 18.0 Å². The molecule has 3 fully saturated rings. The van der Waals surface area contributed by atoms with E-state index < -0.39 is 74.6 Å². The molecule has 0 spiro atoms. The third kappa shape index (κ3) is 6.77. The van der Waals surface area contributed by atoms with Crippen molar-refractivity contribution in [2.75, 3.05) is 37.0 Å². The van der Waals surface area contributed by atoms with Crippen LogP contribution < -0.4 is 15.0 Å². The van der Waals surface area contributed by atoms with Crippen LogP contribution in [0.15, 0.2) is 18.2 Å². The molecule has 1 aliphatic carbocycles. The number of aliphatic hydroxyl groups is 1. The van der Waals surface area contributed by atoms with Crippen molar-refractivity contribution < 1.29 is 45.7 Å². The van der Waals surface area contributed by atoms with Gasteiger partial charge in [0.15, 0.2) is 5.82 Å². The van der Waals surface area contributed by atoms with Crippen molar-refractivity contribution >= 4 is 49.2 Å². The summed E-state index contributed by atoms with van der Waals surface area (Å²) in [4.78, 5) is 25.0. The molecule has 1 saturated carbocycles. The van der Waals surface area contributed by atoms with Crippen LogP contribution in [0.1, 0.15) is 70.9 Å². The van der Waals surface area contributed by atoms with E-state index in [0.29, 0.717) is 24.3 Å². The Morgan fingerprint density at radius 3 is 2.57 bits per heavy atom. The van der Waals surface area contributed by atoms with Crippen LogP contribution in [-0.2, 0) is 10.9 Å². The molecule has 0 unspecified atom stereocenters. The van der Waals surface area contributed by atoms with Gasteiger partial charge >= 0.3 is 18.3 Å². The van der Waals surface area contributed by atoms with Crippen LogP contribution in [0.25, 0.3) is 32.1 Å². The number of ether oxygens (including phenoxy) is 2. The number of alkyl halides is 4. The average Bonchev–Trinajstić information content (AvgIpc) is 3.71. The van der Waals surface area contributed by atoms with Gasteiger partial charge in [0, 0.05) is 42.4 Å². The number of carbonyl (C=O) groups excluding carboxylic acids is 1. The first-order chi connectivity index (χ1) is 25.2. The molecule has 1 amide bonds. The van der Waals surface area contributed by atoms with Crippen LogP contribution >= 0.6 is 11.3 Å². The molecule has 7 rings (SSSR count). The van der Waals surface area contributed by atoms with Crippen molar-refractivity contribution in [3.63, 3.8) is 0 Å². The Morgan fingerprint density at radius 1 is 1.20 bits per heavy atom. The Morgan fingerprint density at radius 2 is 1.93 bits per heavy atom. The lowest BCUT2D eigenvalue weighted by atomic mass is 9.76. The molecule has 2 aromatic heterocycles. The molecule has 4 heterocycles. The van der Waals surface area contributed by atoms with Gasteiger partial charge in [-0.3, -0.25) is 10.2 Å². The minimum Gasteiger partial charge on any atom is -0.461 e. The molecule has 0 radical (unpaired) electrons. The molecular formula is C37H38F6N6O4S. The highest BCUT2D eigenvalue weighted by Crippen LogP contribution is 2.49. The highest BCUT2D eigenvalue weighted by molar-refractivity contribution is 7.23. The number of nitriles is 1. The van der Waals surface area contributed by atoms with Gasteiger partial charge in [0.2, 0.25) is 0 Å². The van der Waals surface area contributed by atoms with Gasteiger partial charge in [-0.15, -0.1) is 11.3 Å². The van der Waals surface area contributed by atoms with Crippen molar-refractivity contribution in [1.82, 2.24) is 14.9 Å². The molecule has 10 nitrogen and oxygen atoms in total. The fourth-order valence-electron chi connectivity index (χ4n) is 8.03. The predicted molar refractivity (Wildman–Crippen MR) is 190 cm³/mol. The van der Waals surface area contributed by atoms with E-state index in [1.807, 2.05) is 11.0 Å². The van der Waals surface area contributed by atoms with E-state index in [4.69, 9.17) is 9.47 Å². The summed E-state index contributed by atoms with van der Waals surface area (Å²) >= 11 is 0.591. The number of hydrogen-bond donors (Lipinski definition) is 2. The largest absolute Gasteiger partial charge is 0.461 e. The zero-order chi connectivity index (χ0) is 39.1. The summed E-state index contributed by atoms with van der Waals surface area (Å²) in [6.07, 6.45) is -5.04. The van der Waals surface area contributed by atoms with Crippen molar-refractivity contribution in [2.45, 2.75) is 94.9 Å². The number of halogens is 6. The lowest BCUT2D eigenvalue weighted by Crippen LogP contribution is -2.52. The molecule has 0 bridgehead atoms. The van der Waals surface area contributed by atoms with Crippen molar-refractivity contribution in [1.29, 1.82) is 5.26 Å². The Bertz CT molecular complexity index is 2210. The van der Waals surface area contributed by atoms with Crippen LogP contribution in [0, 0.1) is 23.0 Å². The minimum atomic E-state index is -5.17. The lowest BCUT2D eigenvalue weighted by Gasteiger charge is -2.46. The van der Waals surface area contributed by atoms with Crippen molar-refractivity contribution in [3.05, 3.63) is 41.0 Å². The van der Waals surface area contributed by atoms with Crippen molar-refractivity contribution in [3.8, 4) is 23.2 Å². The van der Waals surface area contributed by atoms with E-state index >= 15 is 22.0 Å². The standard InChI is InChI=1S/C37H38F6N6O4S/c1-34(2,3)53-33(50)47-31-22(15-44)25-20(7-8-24(39)29(25)54-31)26-23(37(41,42)43)11-21-28(27(26)40)45-32(46-30(21)48(5)19-13-35(4,51)14-19)52-17-36-9-6-10-49(36)16-18(38)12-36/h7-8,11,18-19,51H,6,9-10,12-14,16-17H2,1-5H3,(H,47,50)/t18-,19?,35?,36+/m1/s1. The topological polar surface area (TPSA) is 124 Å². The first kappa shape index (κ1) is 37.9. The number of nitrogens with one attached hydrogen (secondary N) is 1. The van der Waals surface area contributed by atoms with Gasteiger partial charge in [0.05, 0.1) is 27.0 Å². The second kappa shape index (κ2) is 13.1. The monoisotopic (exact) mass is 776 g/mol. The van der Waals surface area contributed by atoms with Crippen LogP contribution in [0.2, 0.25) is 0 Å². The molecule has 17 heteroatoms. The second-order valence-electron chi connectivity index (χ2n) is 15.7. The summed E-state index contributed by atoms with van der Waals surface area (Å²) in [5, 5.41) is 22.2. The average molecular weight is 777 g/mol. The molecule has 2 atom stereocenters. The zero-order valence-electron chi connectivity index (χ0n) is 30.1. The number of carbonyl (C=O) groups is 1. The molecule has 2 N–H and O–H groups in total. The summed E-state index contributed by atoms with van der Waals surface area (Å²) < 4.78 is 103. The maximum absolute atomic E-state index is 17.2. The Labute approximate surface area is 310 Å². The molecule has 3 aliphatic rings. The van der Waals surface area contributed by atoms with Gasteiger partial charge in [0.25, 0.3) is 0 Å². The minimum absolute atomic E-state index is 0.0399. The van der Waals surface area contributed by atoms with E-state index in [9.17, 15) is 19.6 Å². The normalized spacial score (nSPS) is 24.4. The summed E-state index contributed by atoms with van der Waals surface area (Å²) in [5.41, 5.74) is -6.44. The van der Waals surface area contributed by atoms with Gasteiger partial charge < -0.3 is 19.5 Å². The van der Waals surface area contributed by atoms with E-state index in [1.165, 1.54) is 0 Å². The number of nitrogens with zero attached hydrogens (tertiary/aromatic N) is 5. The van der Waals surface area contributed by atoms with E-state index in [-0.39, 0.29) is 70.8 Å². The fourth-order valence-corrected chi connectivity index (χ4v) is 9.10. The first-order valence-electron chi connectivity index (χ1n) is 17.4. The number of hydrogen-bond acceptors (Lipinski definition) is 10.